The molecule has 96 valence electrons. The highest BCUT2D eigenvalue weighted by Gasteiger charge is 2.20. The third-order valence-electron chi connectivity index (χ3n) is 1.72. The van der Waals surface area contributed by atoms with Crippen molar-refractivity contribution in [2.45, 2.75) is 18.9 Å². The van der Waals surface area contributed by atoms with Gasteiger partial charge in [0.1, 0.15) is 6.04 Å². The van der Waals surface area contributed by atoms with E-state index in [-0.39, 0.29) is 19.4 Å². The molecule has 0 fully saturated rings. The molecule has 0 aromatic carbocycles. The number of hydrogen-bond acceptors (Lipinski definition) is 3. The van der Waals surface area contributed by atoms with Gasteiger partial charge in [-0.2, -0.15) is 0 Å². The molecule has 8 heteroatoms. The first kappa shape index (κ1) is 15.4. The highest BCUT2D eigenvalue weighted by Crippen LogP contribution is 1.99. The molecule has 0 saturated carbocycles. The molecule has 17 heavy (non-hydrogen) atoms. The molecule has 7 nitrogen and oxygen atoms in total. The standard InChI is InChI=1S/C9H14BrN3O4/c1-5(10)4-12-9(17)13-6(8(15)16)2-3-7(11)14/h6H,1-4H2,(H2,11,14)(H,15,16)(H2,12,13,17)/t6-/m0/s1. The van der Waals surface area contributed by atoms with Crippen LogP contribution < -0.4 is 16.4 Å². The van der Waals surface area contributed by atoms with Crippen molar-refractivity contribution in [2.75, 3.05) is 6.54 Å². The number of carboxylic acids is 1. The van der Waals surface area contributed by atoms with Gasteiger partial charge in [0.25, 0.3) is 0 Å². The van der Waals surface area contributed by atoms with Crippen LogP contribution in [0.3, 0.4) is 0 Å². The van der Waals surface area contributed by atoms with Crippen molar-refractivity contribution in [1.82, 2.24) is 10.6 Å². The molecule has 0 aromatic heterocycles. The Morgan fingerprint density at radius 1 is 1.41 bits per heavy atom. The summed E-state index contributed by atoms with van der Waals surface area (Å²) in [6, 6.07) is -1.80. The van der Waals surface area contributed by atoms with E-state index < -0.39 is 23.9 Å². The van der Waals surface area contributed by atoms with E-state index in [4.69, 9.17) is 10.8 Å². The van der Waals surface area contributed by atoms with Crippen molar-refractivity contribution in [3.05, 3.63) is 11.1 Å². The first-order valence-corrected chi connectivity index (χ1v) is 5.51. The fourth-order valence-electron chi connectivity index (χ4n) is 0.929. The smallest absolute Gasteiger partial charge is 0.326 e. The number of amides is 3. The minimum Gasteiger partial charge on any atom is -0.480 e. The van der Waals surface area contributed by atoms with E-state index in [9.17, 15) is 14.4 Å². The summed E-state index contributed by atoms with van der Waals surface area (Å²) < 4.78 is 0.552. The van der Waals surface area contributed by atoms with Crippen LogP contribution in [-0.2, 0) is 9.59 Å². The molecule has 0 aliphatic rings. The van der Waals surface area contributed by atoms with Crippen LogP contribution in [0.5, 0.6) is 0 Å². The zero-order valence-corrected chi connectivity index (χ0v) is 10.6. The second-order valence-corrected chi connectivity index (χ2v) is 4.36. The topological polar surface area (TPSA) is 122 Å². The zero-order chi connectivity index (χ0) is 13.4. The molecule has 0 aliphatic carbocycles. The van der Waals surface area contributed by atoms with Crippen LogP contribution in [-0.4, -0.2) is 35.6 Å². The van der Waals surface area contributed by atoms with Crippen LogP contribution >= 0.6 is 15.9 Å². The Labute approximate surface area is 107 Å². The molecule has 5 N–H and O–H groups in total. The summed E-state index contributed by atoms with van der Waals surface area (Å²) in [5.41, 5.74) is 4.89. The van der Waals surface area contributed by atoms with Crippen LogP contribution in [0.4, 0.5) is 4.79 Å². The average molecular weight is 308 g/mol. The van der Waals surface area contributed by atoms with E-state index in [1.807, 2.05) is 0 Å². The Morgan fingerprint density at radius 3 is 2.41 bits per heavy atom. The van der Waals surface area contributed by atoms with Gasteiger partial charge < -0.3 is 21.5 Å². The van der Waals surface area contributed by atoms with Crippen molar-refractivity contribution in [2.24, 2.45) is 5.73 Å². The van der Waals surface area contributed by atoms with Crippen LogP contribution in [0, 0.1) is 0 Å². The molecule has 0 heterocycles. The fourth-order valence-corrected chi connectivity index (χ4v) is 1.07. The monoisotopic (exact) mass is 307 g/mol. The normalized spacial score (nSPS) is 11.4. The van der Waals surface area contributed by atoms with E-state index in [2.05, 4.69) is 33.1 Å². The Morgan fingerprint density at radius 2 is 2.00 bits per heavy atom. The van der Waals surface area contributed by atoms with Crippen molar-refractivity contribution >= 4 is 33.8 Å². The van der Waals surface area contributed by atoms with E-state index in [1.165, 1.54) is 0 Å². The summed E-state index contributed by atoms with van der Waals surface area (Å²) in [6.07, 6.45) is -0.157. The summed E-state index contributed by atoms with van der Waals surface area (Å²) >= 11 is 3.03. The fraction of sp³-hybridized carbons (Fsp3) is 0.444. The van der Waals surface area contributed by atoms with Gasteiger partial charge in [-0.05, 0) is 6.42 Å². The lowest BCUT2D eigenvalue weighted by Crippen LogP contribution is -2.46. The number of carbonyl (C=O) groups is 3. The number of nitrogens with two attached hydrogens (primary N) is 1. The van der Waals surface area contributed by atoms with Crippen molar-refractivity contribution in [1.29, 1.82) is 0 Å². The quantitative estimate of drug-likeness (QED) is 0.525. The third-order valence-corrected chi connectivity index (χ3v) is 2.00. The molecular formula is C9H14BrN3O4. The first-order chi connectivity index (χ1) is 7.82. The predicted octanol–water partition coefficient (Wildman–Crippen LogP) is -0.0871. The molecule has 0 rings (SSSR count). The van der Waals surface area contributed by atoms with Gasteiger partial charge in [-0.25, -0.2) is 9.59 Å². The number of urea groups is 1. The van der Waals surface area contributed by atoms with Crippen molar-refractivity contribution in [3.8, 4) is 0 Å². The third kappa shape index (κ3) is 8.26. The summed E-state index contributed by atoms with van der Waals surface area (Å²) in [4.78, 5) is 32.5. The van der Waals surface area contributed by atoms with Gasteiger partial charge in [0.2, 0.25) is 5.91 Å². The molecule has 0 aromatic rings. The number of rotatable bonds is 7. The Bertz CT molecular complexity index is 332. The lowest BCUT2D eigenvalue weighted by Gasteiger charge is -2.14. The molecule has 1 atom stereocenters. The van der Waals surface area contributed by atoms with Gasteiger partial charge in [-0.3, -0.25) is 4.79 Å². The van der Waals surface area contributed by atoms with Gasteiger partial charge in [-0.15, -0.1) is 0 Å². The van der Waals surface area contributed by atoms with E-state index in [1.54, 1.807) is 0 Å². The summed E-state index contributed by atoms with van der Waals surface area (Å²) in [5, 5.41) is 13.4. The van der Waals surface area contributed by atoms with Gasteiger partial charge in [0, 0.05) is 10.9 Å². The van der Waals surface area contributed by atoms with Gasteiger partial charge in [0.15, 0.2) is 0 Å². The maximum Gasteiger partial charge on any atom is 0.326 e. The summed E-state index contributed by atoms with van der Waals surface area (Å²) in [7, 11) is 0. The highest BCUT2D eigenvalue weighted by molar-refractivity contribution is 9.11. The number of halogens is 1. The van der Waals surface area contributed by atoms with Crippen LogP contribution in [0.25, 0.3) is 0 Å². The van der Waals surface area contributed by atoms with E-state index in [0.717, 1.165) is 0 Å². The largest absolute Gasteiger partial charge is 0.480 e. The van der Waals surface area contributed by atoms with Crippen LogP contribution in [0.1, 0.15) is 12.8 Å². The van der Waals surface area contributed by atoms with Crippen LogP contribution in [0.2, 0.25) is 0 Å². The zero-order valence-electron chi connectivity index (χ0n) is 9.03. The molecule has 3 amide bonds. The molecule has 0 saturated heterocycles. The minimum absolute atomic E-state index is 0.0483. The number of primary amides is 1. The summed E-state index contributed by atoms with van der Waals surface area (Å²) in [5.74, 6) is -1.84. The van der Waals surface area contributed by atoms with Crippen molar-refractivity contribution in [3.63, 3.8) is 0 Å². The van der Waals surface area contributed by atoms with E-state index >= 15 is 0 Å². The second-order valence-electron chi connectivity index (χ2n) is 3.24. The Balaban J connectivity index is 4.15. The van der Waals surface area contributed by atoms with Gasteiger partial charge in [-0.1, -0.05) is 22.5 Å². The minimum atomic E-state index is -1.22. The lowest BCUT2D eigenvalue weighted by atomic mass is 10.1. The molecule has 0 aliphatic heterocycles. The number of carboxylic acid groups (broad SMARTS) is 1. The molecule has 0 spiro atoms. The summed E-state index contributed by atoms with van der Waals surface area (Å²) in [6.45, 7) is 3.67. The maximum atomic E-state index is 11.2. The first-order valence-electron chi connectivity index (χ1n) is 4.71. The van der Waals surface area contributed by atoms with Gasteiger partial charge in [0.05, 0.1) is 6.54 Å². The average Bonchev–Trinajstić information content (AvgIpc) is 2.20. The maximum absolute atomic E-state index is 11.2. The number of nitrogens with one attached hydrogen (secondary N) is 2. The SMILES string of the molecule is C=C(Br)CNC(=O)N[C@@H](CCC(N)=O)C(=O)O. The highest BCUT2D eigenvalue weighted by atomic mass is 79.9. The number of aliphatic carboxylic acids is 1. The Kier molecular flexibility index (Phi) is 6.95. The van der Waals surface area contributed by atoms with E-state index in [0.29, 0.717) is 4.48 Å². The molecular weight excluding hydrogens is 294 g/mol. The second kappa shape index (κ2) is 7.66. The molecule has 0 radical (unpaired) electrons. The van der Waals surface area contributed by atoms with Crippen molar-refractivity contribution < 1.29 is 19.5 Å². The lowest BCUT2D eigenvalue weighted by molar-refractivity contribution is -0.139. The number of carbonyl (C=O) groups excluding carboxylic acids is 2. The van der Waals surface area contributed by atoms with Gasteiger partial charge >= 0.3 is 12.0 Å². The number of hydrogen-bond donors (Lipinski definition) is 4. The molecule has 0 bridgehead atoms. The van der Waals surface area contributed by atoms with Crippen LogP contribution in [0.15, 0.2) is 11.1 Å². The predicted molar refractivity (Wildman–Crippen MR) is 64.5 cm³/mol. The Hall–Kier alpha value is -1.57. The molecule has 0 unspecified atom stereocenters.